The number of rotatable bonds is 0. The van der Waals surface area contributed by atoms with Gasteiger partial charge in [-0.3, -0.25) is 9.59 Å². The highest BCUT2D eigenvalue weighted by molar-refractivity contribution is 6.08. The van der Waals surface area contributed by atoms with E-state index in [1.807, 2.05) is 12.2 Å². The number of hydrogen-bond acceptors (Lipinski definition) is 2. The summed E-state index contributed by atoms with van der Waals surface area (Å²) in [5.74, 6) is 3.79. The fourth-order valence-corrected chi connectivity index (χ4v) is 7.43. The van der Waals surface area contributed by atoms with Crippen molar-refractivity contribution >= 4 is 11.6 Å². The van der Waals surface area contributed by atoms with E-state index in [9.17, 15) is 9.59 Å². The minimum absolute atomic E-state index is 0.237. The summed E-state index contributed by atoms with van der Waals surface area (Å²) >= 11 is 0. The third-order valence-electron chi connectivity index (χ3n) is 7.48. The van der Waals surface area contributed by atoms with Crippen molar-refractivity contribution in [3.63, 3.8) is 0 Å². The molecule has 6 rings (SSSR count). The lowest BCUT2D eigenvalue weighted by Crippen LogP contribution is -2.70. The molecule has 2 bridgehead atoms. The maximum atomic E-state index is 13.0. The van der Waals surface area contributed by atoms with Gasteiger partial charge in [-0.2, -0.15) is 0 Å². The van der Waals surface area contributed by atoms with Gasteiger partial charge in [0, 0.05) is 12.3 Å². The normalized spacial score (nSPS) is 67.8. The molecule has 8 atom stereocenters. The molecule has 0 aromatic heterocycles. The molecule has 5 saturated carbocycles. The van der Waals surface area contributed by atoms with Crippen LogP contribution in [0.3, 0.4) is 0 Å². The van der Waals surface area contributed by atoms with Gasteiger partial charge in [0.25, 0.3) is 0 Å². The zero-order valence-electron chi connectivity index (χ0n) is 10.0. The highest BCUT2D eigenvalue weighted by Gasteiger charge is 2.91. The minimum Gasteiger partial charge on any atom is -0.299 e. The molecule has 0 N–H and O–H groups in total. The van der Waals surface area contributed by atoms with Crippen molar-refractivity contribution in [3.05, 3.63) is 24.3 Å². The van der Waals surface area contributed by atoms with Crippen LogP contribution in [0.25, 0.3) is 0 Å². The zero-order valence-corrected chi connectivity index (χ0v) is 10.0. The van der Waals surface area contributed by atoms with Gasteiger partial charge in [0.2, 0.25) is 0 Å². The Hall–Kier alpha value is -1.18. The molecule has 0 heterocycles. The molecule has 8 unspecified atom stereocenters. The van der Waals surface area contributed by atoms with E-state index in [0.29, 0.717) is 47.6 Å². The van der Waals surface area contributed by atoms with Crippen molar-refractivity contribution in [3.8, 4) is 0 Å². The van der Waals surface area contributed by atoms with E-state index in [1.165, 1.54) is 6.42 Å². The molecule has 5 fully saturated rings. The first kappa shape index (κ1) is 8.84. The Balaban J connectivity index is 1.80. The van der Waals surface area contributed by atoms with Gasteiger partial charge in [0.1, 0.15) is 11.6 Å². The average Bonchev–Trinajstić information content (AvgIpc) is 2.86. The number of ketones is 2. The van der Waals surface area contributed by atoms with Crippen molar-refractivity contribution in [1.82, 2.24) is 0 Å². The Morgan fingerprint density at radius 2 is 1.67 bits per heavy atom. The molecule has 2 nitrogen and oxygen atoms in total. The first-order chi connectivity index (χ1) is 8.73. The van der Waals surface area contributed by atoms with Gasteiger partial charge in [-0.15, -0.1) is 0 Å². The molecule has 0 radical (unpaired) electrons. The number of allylic oxidation sites excluding steroid dienone is 4. The molecular formula is C16H14O2. The fourth-order valence-electron chi connectivity index (χ4n) is 7.43. The Morgan fingerprint density at radius 3 is 2.50 bits per heavy atom. The second-order valence-corrected chi connectivity index (χ2v) is 7.25. The Kier molecular flexibility index (Phi) is 1.02. The summed E-state index contributed by atoms with van der Waals surface area (Å²) in [5.41, 5.74) is -0.788. The van der Waals surface area contributed by atoms with E-state index in [2.05, 4.69) is 12.2 Å². The van der Waals surface area contributed by atoms with E-state index in [4.69, 9.17) is 0 Å². The second-order valence-electron chi connectivity index (χ2n) is 7.25. The lowest BCUT2D eigenvalue weighted by atomic mass is 9.34. The van der Waals surface area contributed by atoms with Crippen LogP contribution in [-0.4, -0.2) is 11.6 Å². The second kappa shape index (κ2) is 2.09. The number of fused-ring (bicyclic) bond motifs is 1. The molecule has 0 aromatic rings. The van der Waals surface area contributed by atoms with Gasteiger partial charge >= 0.3 is 0 Å². The molecule has 18 heavy (non-hydrogen) atoms. The van der Waals surface area contributed by atoms with Crippen LogP contribution in [0.1, 0.15) is 12.8 Å². The number of carbonyl (C=O) groups excluding carboxylic acids is 2. The summed E-state index contributed by atoms with van der Waals surface area (Å²) in [6.45, 7) is 0. The molecule has 0 aromatic carbocycles. The maximum Gasteiger partial charge on any atom is 0.148 e. The molecule has 2 spiro atoms. The van der Waals surface area contributed by atoms with Crippen molar-refractivity contribution < 1.29 is 9.59 Å². The zero-order chi connectivity index (χ0) is 11.9. The molecule has 6 aliphatic carbocycles. The van der Waals surface area contributed by atoms with Crippen LogP contribution in [0, 0.1) is 46.3 Å². The van der Waals surface area contributed by atoms with E-state index < -0.39 is 10.8 Å². The monoisotopic (exact) mass is 238 g/mol. The third-order valence-corrected chi connectivity index (χ3v) is 7.48. The van der Waals surface area contributed by atoms with Gasteiger partial charge in [-0.05, 0) is 36.0 Å². The van der Waals surface area contributed by atoms with E-state index in [0.717, 1.165) is 0 Å². The van der Waals surface area contributed by atoms with Crippen LogP contribution < -0.4 is 0 Å². The third kappa shape index (κ3) is 0.480. The quantitative estimate of drug-likeness (QED) is 0.644. The van der Waals surface area contributed by atoms with Gasteiger partial charge in [0.15, 0.2) is 0 Å². The Labute approximate surface area is 105 Å². The van der Waals surface area contributed by atoms with Crippen LogP contribution in [0.4, 0.5) is 0 Å². The summed E-state index contributed by atoms with van der Waals surface area (Å²) in [6.07, 6.45) is 10.1. The van der Waals surface area contributed by atoms with Crippen molar-refractivity contribution in [2.24, 2.45) is 46.3 Å². The fraction of sp³-hybridized carbons (Fsp3) is 0.625. The number of Topliss-reactive ketones (excluding diaryl/α,β-unsaturated/α-hetero) is 2. The van der Waals surface area contributed by atoms with Crippen molar-refractivity contribution in [2.75, 3.05) is 0 Å². The summed E-state index contributed by atoms with van der Waals surface area (Å²) in [6, 6.07) is 0. The minimum atomic E-state index is -0.398. The predicted octanol–water partition coefficient (Wildman–Crippen LogP) is 1.77. The van der Waals surface area contributed by atoms with E-state index >= 15 is 0 Å². The Morgan fingerprint density at radius 1 is 0.944 bits per heavy atom. The molecule has 0 saturated heterocycles. The molecule has 0 amide bonds. The summed E-state index contributed by atoms with van der Waals surface area (Å²) in [4.78, 5) is 25.7. The molecule has 90 valence electrons. The molecular weight excluding hydrogens is 224 g/mol. The van der Waals surface area contributed by atoms with Gasteiger partial charge in [0.05, 0.1) is 10.8 Å². The van der Waals surface area contributed by atoms with Crippen LogP contribution in [0.5, 0.6) is 0 Å². The van der Waals surface area contributed by atoms with Crippen molar-refractivity contribution in [1.29, 1.82) is 0 Å². The summed E-state index contributed by atoms with van der Waals surface area (Å²) in [5, 5.41) is 0. The van der Waals surface area contributed by atoms with Crippen LogP contribution in [0.15, 0.2) is 24.3 Å². The number of hydrogen-bond donors (Lipinski definition) is 0. The first-order valence-corrected chi connectivity index (χ1v) is 7.18. The highest BCUT2D eigenvalue weighted by atomic mass is 16.1. The average molecular weight is 238 g/mol. The molecule has 0 aliphatic heterocycles. The summed E-state index contributed by atoms with van der Waals surface area (Å²) < 4.78 is 0. The molecule has 2 heteroatoms. The predicted molar refractivity (Wildman–Crippen MR) is 63.3 cm³/mol. The number of carbonyl (C=O) groups is 2. The highest BCUT2D eigenvalue weighted by Crippen LogP contribution is 2.88. The molecule has 6 aliphatic rings. The first-order valence-electron chi connectivity index (χ1n) is 7.18. The largest absolute Gasteiger partial charge is 0.299 e. The van der Waals surface area contributed by atoms with Crippen LogP contribution >= 0.6 is 0 Å². The smallest absolute Gasteiger partial charge is 0.148 e. The maximum absolute atomic E-state index is 13.0. The van der Waals surface area contributed by atoms with Crippen molar-refractivity contribution in [2.45, 2.75) is 12.8 Å². The SMILES string of the molecule is O=C1CC2C3CC4C2C(=O)C25C=CC=CC12C3C45. The van der Waals surface area contributed by atoms with E-state index in [-0.39, 0.29) is 5.92 Å². The standard InChI is InChI=1S/C16H14O2/c17-10-6-7-8-5-9-11(7)14(18)16-4-2-1-3-15(10,16)12(8)13(9)16/h1-4,7-9,11-13H,5-6H2. The Bertz CT molecular complexity index is 603. The van der Waals surface area contributed by atoms with Gasteiger partial charge in [-0.25, -0.2) is 0 Å². The lowest BCUT2D eigenvalue weighted by Gasteiger charge is -2.66. The van der Waals surface area contributed by atoms with E-state index in [1.54, 1.807) is 0 Å². The van der Waals surface area contributed by atoms with Gasteiger partial charge in [-0.1, -0.05) is 24.3 Å². The van der Waals surface area contributed by atoms with Crippen LogP contribution in [0.2, 0.25) is 0 Å². The van der Waals surface area contributed by atoms with Crippen LogP contribution in [-0.2, 0) is 9.59 Å². The lowest BCUT2D eigenvalue weighted by molar-refractivity contribution is -0.186. The summed E-state index contributed by atoms with van der Waals surface area (Å²) in [7, 11) is 0. The van der Waals surface area contributed by atoms with Gasteiger partial charge < -0.3 is 0 Å². The topological polar surface area (TPSA) is 34.1 Å².